The van der Waals surface area contributed by atoms with E-state index >= 15 is 0 Å². The Kier molecular flexibility index (Phi) is 7.45. The number of carbonyl (C=O) groups excluding carboxylic acids is 1. The zero-order valence-electron chi connectivity index (χ0n) is 22.6. The third kappa shape index (κ3) is 5.47. The highest BCUT2D eigenvalue weighted by Gasteiger charge is 2.40. The molecule has 204 valence electrons. The standard InChI is InChI=1S/C30H31N3O5.ClH/c1-6-37-23-14-18-15-29(2,3)33-25(24(18)20-16-30(4,5)38-26(20)23)17-10-11-19(28(35)36)22(13-17)32-27(34)21-9-7-8-12-31-21;/h7-14H,6,15-16H2,1-5H3,(H,32,34)(H,35,36);1H. The number of aromatic nitrogens is 1. The predicted molar refractivity (Wildman–Crippen MR) is 152 cm³/mol. The fourth-order valence-corrected chi connectivity index (χ4v) is 5.21. The number of carboxylic acids is 1. The Morgan fingerprint density at radius 1 is 1.10 bits per heavy atom. The Labute approximate surface area is 233 Å². The summed E-state index contributed by atoms with van der Waals surface area (Å²) in [6.45, 7) is 10.7. The molecule has 5 rings (SSSR count). The molecule has 0 bridgehead atoms. The highest BCUT2D eigenvalue weighted by molar-refractivity contribution is 6.17. The van der Waals surface area contributed by atoms with E-state index in [-0.39, 0.29) is 29.4 Å². The molecular weight excluding hydrogens is 518 g/mol. The lowest BCUT2D eigenvalue weighted by molar-refractivity contribution is 0.0698. The van der Waals surface area contributed by atoms with Crippen molar-refractivity contribution in [1.29, 1.82) is 0 Å². The molecule has 0 saturated heterocycles. The summed E-state index contributed by atoms with van der Waals surface area (Å²) in [7, 11) is 0. The van der Waals surface area contributed by atoms with Gasteiger partial charge < -0.3 is 19.9 Å². The van der Waals surface area contributed by atoms with Crippen molar-refractivity contribution < 1.29 is 24.2 Å². The molecule has 0 unspecified atom stereocenters. The van der Waals surface area contributed by atoms with Crippen LogP contribution in [-0.2, 0) is 12.8 Å². The van der Waals surface area contributed by atoms with Crippen LogP contribution in [-0.4, -0.2) is 45.4 Å². The molecule has 0 aliphatic carbocycles. The molecule has 0 saturated carbocycles. The van der Waals surface area contributed by atoms with Crippen molar-refractivity contribution in [2.75, 3.05) is 11.9 Å². The number of hydrogen-bond acceptors (Lipinski definition) is 6. The number of ether oxygens (including phenoxy) is 2. The monoisotopic (exact) mass is 549 g/mol. The molecule has 2 aliphatic rings. The van der Waals surface area contributed by atoms with Gasteiger partial charge in [-0.05, 0) is 76.9 Å². The van der Waals surface area contributed by atoms with Crippen LogP contribution in [0, 0.1) is 0 Å². The van der Waals surface area contributed by atoms with Crippen LogP contribution in [0.1, 0.15) is 77.7 Å². The van der Waals surface area contributed by atoms with Gasteiger partial charge in [0.1, 0.15) is 11.3 Å². The number of aliphatic imine (C=N–C) groups is 1. The number of halogens is 1. The first-order valence-electron chi connectivity index (χ1n) is 12.7. The number of pyridine rings is 1. The maximum Gasteiger partial charge on any atom is 0.337 e. The lowest BCUT2D eigenvalue weighted by atomic mass is 9.80. The highest BCUT2D eigenvalue weighted by Crippen LogP contribution is 2.48. The number of fused-ring (bicyclic) bond motifs is 3. The van der Waals surface area contributed by atoms with Gasteiger partial charge in [-0.1, -0.05) is 12.1 Å². The van der Waals surface area contributed by atoms with E-state index in [9.17, 15) is 14.7 Å². The third-order valence-electron chi connectivity index (χ3n) is 6.65. The summed E-state index contributed by atoms with van der Waals surface area (Å²) >= 11 is 0. The summed E-state index contributed by atoms with van der Waals surface area (Å²) in [6, 6.07) is 12.0. The molecule has 2 N–H and O–H groups in total. The molecule has 0 fully saturated rings. The van der Waals surface area contributed by atoms with Gasteiger partial charge >= 0.3 is 5.97 Å². The van der Waals surface area contributed by atoms with E-state index in [0.29, 0.717) is 18.6 Å². The van der Waals surface area contributed by atoms with E-state index in [0.717, 1.165) is 40.3 Å². The Balaban J connectivity index is 0.00000353. The average Bonchev–Trinajstić information content (AvgIpc) is 3.18. The van der Waals surface area contributed by atoms with E-state index in [4.69, 9.17) is 14.5 Å². The van der Waals surface area contributed by atoms with Gasteiger partial charge in [0.2, 0.25) is 0 Å². The fraction of sp³-hybridized carbons (Fsp3) is 0.333. The highest BCUT2D eigenvalue weighted by atomic mass is 35.5. The first-order chi connectivity index (χ1) is 18.0. The summed E-state index contributed by atoms with van der Waals surface area (Å²) in [5.74, 6) is -0.173. The SMILES string of the molecule is CCOc1cc2c(c3c1OC(C)(C)C3)C(c1ccc(C(=O)O)c(NC(=O)c3ccccn3)c1)=NC(C)(C)C2.Cl. The van der Waals surface area contributed by atoms with E-state index in [2.05, 4.69) is 24.1 Å². The first kappa shape index (κ1) is 28.1. The molecule has 2 aliphatic heterocycles. The van der Waals surface area contributed by atoms with Crippen LogP contribution in [0.25, 0.3) is 0 Å². The summed E-state index contributed by atoms with van der Waals surface area (Å²) in [6.07, 6.45) is 2.91. The molecule has 0 radical (unpaired) electrons. The first-order valence-corrected chi connectivity index (χ1v) is 12.7. The molecule has 3 aromatic rings. The molecule has 1 aromatic heterocycles. The van der Waals surface area contributed by atoms with Crippen LogP contribution >= 0.6 is 12.4 Å². The predicted octanol–water partition coefficient (Wildman–Crippen LogP) is 5.74. The van der Waals surface area contributed by atoms with E-state index < -0.39 is 23.0 Å². The van der Waals surface area contributed by atoms with Gasteiger partial charge in [-0.25, -0.2) is 4.79 Å². The number of nitrogens with zero attached hydrogens (tertiary/aromatic N) is 2. The van der Waals surface area contributed by atoms with E-state index in [1.165, 1.54) is 12.3 Å². The summed E-state index contributed by atoms with van der Waals surface area (Å²) in [5.41, 5.74) is 4.10. The van der Waals surface area contributed by atoms with Crippen LogP contribution < -0.4 is 14.8 Å². The topological polar surface area (TPSA) is 110 Å². The van der Waals surface area contributed by atoms with Crippen molar-refractivity contribution in [3.63, 3.8) is 0 Å². The van der Waals surface area contributed by atoms with Crippen LogP contribution in [0.5, 0.6) is 11.5 Å². The lowest BCUT2D eigenvalue weighted by Gasteiger charge is -2.31. The minimum absolute atomic E-state index is 0. The smallest absolute Gasteiger partial charge is 0.337 e. The van der Waals surface area contributed by atoms with Crippen LogP contribution in [0.2, 0.25) is 0 Å². The van der Waals surface area contributed by atoms with Crippen molar-refractivity contribution in [2.45, 2.75) is 58.6 Å². The number of carbonyl (C=O) groups is 2. The second kappa shape index (κ2) is 10.3. The zero-order valence-corrected chi connectivity index (χ0v) is 23.4. The number of anilines is 1. The van der Waals surface area contributed by atoms with E-state index in [1.54, 1.807) is 30.3 Å². The molecule has 0 atom stereocenters. The van der Waals surface area contributed by atoms with Gasteiger partial charge in [0.05, 0.1) is 29.1 Å². The summed E-state index contributed by atoms with van der Waals surface area (Å²) in [4.78, 5) is 34.1. The Morgan fingerprint density at radius 3 is 2.54 bits per heavy atom. The Bertz CT molecular complexity index is 1480. The molecule has 3 heterocycles. The van der Waals surface area contributed by atoms with Crippen molar-refractivity contribution in [2.24, 2.45) is 4.99 Å². The zero-order chi connectivity index (χ0) is 27.2. The second-order valence-corrected chi connectivity index (χ2v) is 10.9. The van der Waals surface area contributed by atoms with Crippen molar-refractivity contribution in [3.05, 3.63) is 82.2 Å². The number of carboxylic acid groups (broad SMARTS) is 1. The lowest BCUT2D eigenvalue weighted by Crippen LogP contribution is -2.31. The summed E-state index contributed by atoms with van der Waals surface area (Å²) in [5, 5.41) is 12.6. The number of hydrogen-bond donors (Lipinski definition) is 2. The van der Waals surface area contributed by atoms with Gasteiger partial charge in [0.15, 0.2) is 11.5 Å². The minimum Gasteiger partial charge on any atom is -0.490 e. The fourth-order valence-electron chi connectivity index (χ4n) is 5.21. The quantitative estimate of drug-likeness (QED) is 0.406. The maximum atomic E-state index is 12.9. The van der Waals surface area contributed by atoms with Crippen LogP contribution in [0.3, 0.4) is 0 Å². The van der Waals surface area contributed by atoms with Crippen LogP contribution in [0.15, 0.2) is 53.7 Å². The van der Waals surface area contributed by atoms with Gasteiger partial charge in [-0.2, -0.15) is 0 Å². The van der Waals surface area contributed by atoms with Gasteiger partial charge in [0, 0.05) is 29.3 Å². The average molecular weight is 550 g/mol. The van der Waals surface area contributed by atoms with Crippen molar-refractivity contribution >= 4 is 35.7 Å². The normalized spacial score (nSPS) is 16.1. The van der Waals surface area contributed by atoms with E-state index in [1.807, 2.05) is 26.8 Å². The number of rotatable bonds is 6. The van der Waals surface area contributed by atoms with Crippen molar-refractivity contribution in [3.8, 4) is 11.5 Å². The number of benzene rings is 2. The van der Waals surface area contributed by atoms with Gasteiger partial charge in [0.25, 0.3) is 5.91 Å². The summed E-state index contributed by atoms with van der Waals surface area (Å²) < 4.78 is 12.3. The number of nitrogens with one attached hydrogen (secondary N) is 1. The molecule has 0 spiro atoms. The third-order valence-corrected chi connectivity index (χ3v) is 6.65. The number of aromatic carboxylic acids is 1. The second-order valence-electron chi connectivity index (χ2n) is 10.9. The Hall–Kier alpha value is -3.91. The van der Waals surface area contributed by atoms with Crippen molar-refractivity contribution in [1.82, 2.24) is 4.98 Å². The molecule has 39 heavy (non-hydrogen) atoms. The number of amides is 1. The minimum atomic E-state index is -1.14. The van der Waals surface area contributed by atoms with Gasteiger partial charge in [-0.15, -0.1) is 12.4 Å². The molecule has 9 heteroatoms. The molecular formula is C30H32ClN3O5. The van der Waals surface area contributed by atoms with Crippen LogP contribution in [0.4, 0.5) is 5.69 Å². The largest absolute Gasteiger partial charge is 0.490 e. The van der Waals surface area contributed by atoms with Gasteiger partial charge in [-0.3, -0.25) is 14.8 Å². The molecule has 1 amide bonds. The Morgan fingerprint density at radius 2 is 1.87 bits per heavy atom. The maximum absolute atomic E-state index is 12.9. The molecule has 8 nitrogen and oxygen atoms in total. The molecule has 2 aromatic carbocycles.